The molecule has 0 aliphatic rings. The molecule has 0 aliphatic heterocycles. The van der Waals surface area contributed by atoms with Crippen molar-refractivity contribution in [2.45, 2.75) is 13.1 Å². The molecule has 0 amide bonds. The number of anilines is 1. The van der Waals surface area contributed by atoms with Crippen molar-refractivity contribution in [1.29, 1.82) is 0 Å². The number of methoxy groups -OCH3 is 1. The molecule has 0 atom stereocenters. The summed E-state index contributed by atoms with van der Waals surface area (Å²) in [5, 5.41) is 4.59. The summed E-state index contributed by atoms with van der Waals surface area (Å²) in [5.74, 6) is 1.39. The lowest BCUT2D eigenvalue weighted by molar-refractivity contribution is -0.153. The molecule has 4 aromatic rings. The zero-order valence-corrected chi connectivity index (χ0v) is 16.7. The minimum Gasteiger partial charge on any atom is -0.497 e. The number of para-hydroxylation sites is 1. The molecule has 2 aromatic carbocycles. The van der Waals surface area contributed by atoms with E-state index in [2.05, 4.69) is 10.3 Å². The Hall–Kier alpha value is -3.42. The number of alkyl halides is 3. The van der Waals surface area contributed by atoms with E-state index >= 15 is 0 Å². The topological polar surface area (TPSA) is 48.3 Å². The molecule has 5 nitrogen and oxygen atoms in total. The molecule has 0 unspecified atom stereocenters. The van der Waals surface area contributed by atoms with Crippen molar-refractivity contribution in [3.05, 3.63) is 54.2 Å². The Balaban J connectivity index is 1.97. The van der Waals surface area contributed by atoms with Crippen LogP contribution in [0.2, 0.25) is 0 Å². The molecular weight excluding hydrogens is 395 g/mol. The second-order valence-electron chi connectivity index (χ2n) is 6.87. The zero-order chi connectivity index (χ0) is 21.5. The van der Waals surface area contributed by atoms with E-state index in [9.17, 15) is 13.2 Å². The van der Waals surface area contributed by atoms with Gasteiger partial charge in [-0.1, -0.05) is 12.1 Å². The van der Waals surface area contributed by atoms with Gasteiger partial charge in [-0.05, 0) is 42.8 Å². The molecule has 1 N–H and O–H groups in total. The predicted molar refractivity (Wildman–Crippen MR) is 111 cm³/mol. The van der Waals surface area contributed by atoms with Gasteiger partial charge in [-0.25, -0.2) is 4.98 Å². The first-order valence-electron chi connectivity index (χ1n) is 9.28. The number of fused-ring (bicyclic) bond motifs is 3. The number of pyridine rings is 1. The van der Waals surface area contributed by atoms with Crippen LogP contribution in [0.4, 0.5) is 19.0 Å². The Morgan fingerprint density at radius 3 is 2.57 bits per heavy atom. The van der Waals surface area contributed by atoms with Gasteiger partial charge in [0, 0.05) is 29.7 Å². The lowest BCUT2D eigenvalue weighted by atomic mass is 10.1. The van der Waals surface area contributed by atoms with E-state index in [1.165, 1.54) is 6.07 Å². The highest BCUT2D eigenvalue weighted by molar-refractivity contribution is 6.10. The first-order valence-corrected chi connectivity index (χ1v) is 9.28. The lowest BCUT2D eigenvalue weighted by Gasteiger charge is -2.15. The number of hydrogen-bond acceptors (Lipinski definition) is 4. The maximum absolute atomic E-state index is 12.7. The molecule has 0 spiro atoms. The van der Waals surface area contributed by atoms with Crippen LogP contribution >= 0.6 is 0 Å². The number of nitrogens with one attached hydrogen (secondary N) is 1. The molecule has 2 aromatic heterocycles. The summed E-state index contributed by atoms with van der Waals surface area (Å²) in [6.07, 6.45) is -2.51. The molecule has 0 saturated carbocycles. The minimum atomic E-state index is -4.43. The van der Waals surface area contributed by atoms with Crippen LogP contribution in [0.15, 0.2) is 48.7 Å². The van der Waals surface area contributed by atoms with Gasteiger partial charge in [-0.2, -0.15) is 13.2 Å². The van der Waals surface area contributed by atoms with Crippen LogP contribution in [0.1, 0.15) is 5.56 Å². The normalized spacial score (nSPS) is 11.8. The SMILES string of the molecule is CNc1nc2c(OCC(F)(F)F)cccc2c2c1ccn2-c1ccc(OC)cc1C. The quantitative estimate of drug-likeness (QED) is 0.469. The molecule has 0 fully saturated rings. The molecule has 0 aliphatic carbocycles. The third-order valence-corrected chi connectivity index (χ3v) is 4.91. The van der Waals surface area contributed by atoms with Crippen LogP contribution in [-0.4, -0.2) is 36.5 Å². The van der Waals surface area contributed by atoms with Crippen molar-refractivity contribution in [1.82, 2.24) is 9.55 Å². The van der Waals surface area contributed by atoms with Gasteiger partial charge in [-0.15, -0.1) is 0 Å². The number of benzene rings is 2. The molecule has 0 saturated heterocycles. The standard InChI is InChI=1S/C22H20F3N3O2/c1-13-11-14(29-3)7-8-17(13)28-10-9-16-20(28)15-5-4-6-18(30-12-22(23,24)25)19(15)27-21(16)26-2/h4-11H,12H2,1-3H3,(H,26,27). The predicted octanol–water partition coefficient (Wildman–Crippen LogP) is 5.48. The van der Waals surface area contributed by atoms with Crippen LogP contribution in [-0.2, 0) is 0 Å². The Bertz CT molecular complexity index is 1230. The second-order valence-corrected chi connectivity index (χ2v) is 6.87. The number of aryl methyl sites for hydroxylation is 1. The first kappa shape index (κ1) is 19.9. The number of hydrogen-bond donors (Lipinski definition) is 1. The van der Waals surface area contributed by atoms with Gasteiger partial charge >= 0.3 is 6.18 Å². The Morgan fingerprint density at radius 1 is 1.10 bits per heavy atom. The average Bonchev–Trinajstić information content (AvgIpc) is 3.16. The summed E-state index contributed by atoms with van der Waals surface area (Å²) in [5.41, 5.74) is 3.12. The second kappa shape index (κ2) is 7.44. The number of nitrogens with zero attached hydrogens (tertiary/aromatic N) is 2. The molecule has 0 bridgehead atoms. The Morgan fingerprint density at radius 2 is 1.90 bits per heavy atom. The summed E-state index contributed by atoms with van der Waals surface area (Å²) in [6, 6.07) is 12.7. The molecule has 156 valence electrons. The molecular formula is C22H20F3N3O2. The summed E-state index contributed by atoms with van der Waals surface area (Å²) in [7, 11) is 3.34. The van der Waals surface area contributed by atoms with Crippen LogP contribution in [0.25, 0.3) is 27.5 Å². The van der Waals surface area contributed by atoms with Crippen molar-refractivity contribution >= 4 is 27.6 Å². The lowest BCUT2D eigenvalue weighted by Crippen LogP contribution is -2.19. The van der Waals surface area contributed by atoms with E-state index < -0.39 is 12.8 Å². The molecule has 4 rings (SSSR count). The third kappa shape index (κ3) is 3.49. The number of halogens is 3. The van der Waals surface area contributed by atoms with Gasteiger partial charge in [-0.3, -0.25) is 0 Å². The van der Waals surface area contributed by atoms with Gasteiger partial charge in [0.1, 0.15) is 22.8 Å². The molecule has 30 heavy (non-hydrogen) atoms. The summed E-state index contributed by atoms with van der Waals surface area (Å²) >= 11 is 0. The monoisotopic (exact) mass is 415 g/mol. The highest BCUT2D eigenvalue weighted by Crippen LogP contribution is 2.37. The fraction of sp³-hybridized carbons (Fsp3) is 0.227. The maximum atomic E-state index is 12.7. The van der Waals surface area contributed by atoms with Crippen molar-refractivity contribution in [3.8, 4) is 17.2 Å². The van der Waals surface area contributed by atoms with Crippen molar-refractivity contribution in [2.75, 3.05) is 26.1 Å². The van der Waals surface area contributed by atoms with Gasteiger partial charge in [0.2, 0.25) is 0 Å². The molecule has 0 radical (unpaired) electrons. The smallest absolute Gasteiger partial charge is 0.422 e. The van der Waals surface area contributed by atoms with E-state index in [1.807, 2.05) is 48.0 Å². The van der Waals surface area contributed by atoms with Gasteiger partial charge in [0.05, 0.1) is 12.6 Å². The van der Waals surface area contributed by atoms with Crippen LogP contribution in [0.5, 0.6) is 11.5 Å². The van der Waals surface area contributed by atoms with Crippen LogP contribution in [0, 0.1) is 6.92 Å². The molecule has 8 heteroatoms. The fourth-order valence-electron chi connectivity index (χ4n) is 3.59. The van der Waals surface area contributed by atoms with E-state index in [4.69, 9.17) is 9.47 Å². The van der Waals surface area contributed by atoms with Crippen LogP contribution in [0.3, 0.4) is 0 Å². The van der Waals surface area contributed by atoms with Gasteiger partial charge in [0.15, 0.2) is 6.61 Å². The molecule has 2 heterocycles. The summed E-state index contributed by atoms with van der Waals surface area (Å²) in [4.78, 5) is 4.54. The van der Waals surface area contributed by atoms with Crippen molar-refractivity contribution in [3.63, 3.8) is 0 Å². The van der Waals surface area contributed by atoms with E-state index in [1.54, 1.807) is 20.2 Å². The highest BCUT2D eigenvalue weighted by Gasteiger charge is 2.29. The average molecular weight is 415 g/mol. The Kier molecular flexibility index (Phi) is 4.93. The van der Waals surface area contributed by atoms with E-state index in [-0.39, 0.29) is 5.75 Å². The van der Waals surface area contributed by atoms with Crippen molar-refractivity contribution in [2.24, 2.45) is 0 Å². The van der Waals surface area contributed by atoms with Gasteiger partial charge in [0.25, 0.3) is 0 Å². The zero-order valence-electron chi connectivity index (χ0n) is 16.7. The summed E-state index contributed by atoms with van der Waals surface area (Å²) < 4.78 is 50.5. The van der Waals surface area contributed by atoms with E-state index in [0.717, 1.165) is 27.9 Å². The first-order chi connectivity index (χ1) is 14.3. The fourth-order valence-corrected chi connectivity index (χ4v) is 3.59. The number of rotatable bonds is 5. The largest absolute Gasteiger partial charge is 0.497 e. The highest BCUT2D eigenvalue weighted by atomic mass is 19.4. The maximum Gasteiger partial charge on any atom is 0.422 e. The third-order valence-electron chi connectivity index (χ3n) is 4.91. The van der Waals surface area contributed by atoms with Crippen LogP contribution < -0.4 is 14.8 Å². The summed E-state index contributed by atoms with van der Waals surface area (Å²) in [6.45, 7) is 0.600. The number of ether oxygens (including phenoxy) is 2. The Labute approximate surface area is 171 Å². The number of aromatic nitrogens is 2. The minimum absolute atomic E-state index is 0.0856. The van der Waals surface area contributed by atoms with E-state index in [0.29, 0.717) is 16.7 Å². The van der Waals surface area contributed by atoms with Crippen molar-refractivity contribution < 1.29 is 22.6 Å². The van der Waals surface area contributed by atoms with Gasteiger partial charge < -0.3 is 19.4 Å².